The summed E-state index contributed by atoms with van der Waals surface area (Å²) in [5, 5.41) is 2.97. The Morgan fingerprint density at radius 2 is 1.67 bits per heavy atom. The minimum absolute atomic E-state index is 0.309. The van der Waals surface area contributed by atoms with E-state index in [9.17, 15) is 9.59 Å². The van der Waals surface area contributed by atoms with Gasteiger partial charge in [-0.05, 0) is 17.7 Å². The highest BCUT2D eigenvalue weighted by atomic mass is 35.5. The van der Waals surface area contributed by atoms with Gasteiger partial charge < -0.3 is 10.1 Å². The fourth-order valence-electron chi connectivity index (χ4n) is 1.90. The van der Waals surface area contributed by atoms with E-state index in [2.05, 4.69) is 5.32 Å². The summed E-state index contributed by atoms with van der Waals surface area (Å²) in [5.74, 6) is -0.971. The van der Waals surface area contributed by atoms with Crippen molar-refractivity contribution in [1.29, 1.82) is 0 Å². The van der Waals surface area contributed by atoms with Crippen molar-refractivity contribution < 1.29 is 14.3 Å². The number of nitrogens with one attached hydrogen (secondary N) is 1. The van der Waals surface area contributed by atoms with Gasteiger partial charge >= 0.3 is 5.97 Å². The van der Waals surface area contributed by atoms with Gasteiger partial charge in [-0.2, -0.15) is 0 Å². The van der Waals surface area contributed by atoms with E-state index in [-0.39, 0.29) is 0 Å². The Morgan fingerprint density at radius 1 is 1.05 bits per heavy atom. The lowest BCUT2D eigenvalue weighted by molar-refractivity contribution is -0.143. The Bertz CT molecular complexity index is 643. The molecular formula is C16H14ClNO3. The summed E-state index contributed by atoms with van der Waals surface area (Å²) < 4.78 is 4.75. The van der Waals surface area contributed by atoms with Gasteiger partial charge in [-0.1, -0.05) is 54.1 Å². The van der Waals surface area contributed by atoms with Crippen molar-refractivity contribution in [2.45, 2.75) is 6.04 Å². The van der Waals surface area contributed by atoms with Crippen LogP contribution in [-0.4, -0.2) is 19.0 Å². The van der Waals surface area contributed by atoms with Gasteiger partial charge in [0.25, 0.3) is 5.91 Å². The highest BCUT2D eigenvalue weighted by Crippen LogP contribution is 2.18. The van der Waals surface area contributed by atoms with Crippen LogP contribution in [0, 0.1) is 0 Å². The van der Waals surface area contributed by atoms with Crippen LogP contribution in [0.4, 0.5) is 0 Å². The predicted octanol–water partition coefficient (Wildman–Crippen LogP) is 2.98. The van der Waals surface area contributed by atoms with Crippen molar-refractivity contribution in [2.75, 3.05) is 7.11 Å². The van der Waals surface area contributed by atoms with Gasteiger partial charge in [0.1, 0.15) is 0 Å². The predicted molar refractivity (Wildman–Crippen MR) is 80.1 cm³/mol. The molecule has 0 bridgehead atoms. The van der Waals surface area contributed by atoms with E-state index in [1.54, 1.807) is 48.5 Å². The normalized spacial score (nSPS) is 11.5. The molecule has 1 unspecified atom stereocenters. The molecule has 5 heteroatoms. The summed E-state index contributed by atoms with van der Waals surface area (Å²) in [6.07, 6.45) is 0. The number of carbonyl (C=O) groups excluding carboxylic acids is 2. The second-order valence-corrected chi connectivity index (χ2v) is 4.73. The van der Waals surface area contributed by atoms with Crippen LogP contribution in [0.25, 0.3) is 0 Å². The Hall–Kier alpha value is -2.33. The molecule has 1 amide bonds. The number of hydrogen-bond donors (Lipinski definition) is 1. The van der Waals surface area contributed by atoms with Crippen LogP contribution >= 0.6 is 11.6 Å². The molecule has 0 aliphatic heterocycles. The zero-order valence-electron chi connectivity index (χ0n) is 11.4. The van der Waals surface area contributed by atoms with E-state index >= 15 is 0 Å². The second-order valence-electron chi connectivity index (χ2n) is 4.32. The first kappa shape index (κ1) is 15.1. The minimum Gasteiger partial charge on any atom is -0.467 e. The molecule has 0 aliphatic carbocycles. The van der Waals surface area contributed by atoms with Gasteiger partial charge in [0.05, 0.1) is 17.7 Å². The molecule has 21 heavy (non-hydrogen) atoms. The Morgan fingerprint density at radius 3 is 2.29 bits per heavy atom. The van der Waals surface area contributed by atoms with E-state index in [1.165, 1.54) is 7.11 Å². The van der Waals surface area contributed by atoms with Gasteiger partial charge in [0.15, 0.2) is 6.04 Å². The Kier molecular flexibility index (Phi) is 4.95. The average Bonchev–Trinajstić information content (AvgIpc) is 2.53. The standard InChI is InChI=1S/C16H14ClNO3/c1-21-16(20)14(11-7-3-2-4-8-11)18-15(19)12-9-5-6-10-13(12)17/h2-10,14H,1H3,(H,18,19). The van der Waals surface area contributed by atoms with E-state index in [1.807, 2.05) is 6.07 Å². The first-order valence-electron chi connectivity index (χ1n) is 6.31. The third kappa shape index (κ3) is 3.61. The maximum atomic E-state index is 12.3. The number of methoxy groups -OCH3 is 1. The minimum atomic E-state index is -0.875. The zero-order valence-corrected chi connectivity index (χ0v) is 12.1. The summed E-state index contributed by atoms with van der Waals surface area (Å²) in [4.78, 5) is 24.2. The molecule has 2 rings (SSSR count). The number of benzene rings is 2. The van der Waals surface area contributed by atoms with Crippen LogP contribution in [-0.2, 0) is 9.53 Å². The monoisotopic (exact) mass is 303 g/mol. The first-order valence-corrected chi connectivity index (χ1v) is 6.69. The molecule has 2 aromatic carbocycles. The van der Waals surface area contributed by atoms with Crippen LogP contribution in [0.5, 0.6) is 0 Å². The molecule has 1 N–H and O–H groups in total. The maximum Gasteiger partial charge on any atom is 0.333 e. The quantitative estimate of drug-likeness (QED) is 0.883. The summed E-state index contributed by atoms with van der Waals surface area (Å²) in [5.41, 5.74) is 0.953. The summed E-state index contributed by atoms with van der Waals surface area (Å²) >= 11 is 5.99. The van der Waals surface area contributed by atoms with Crippen molar-refractivity contribution in [3.63, 3.8) is 0 Å². The zero-order chi connectivity index (χ0) is 15.2. The molecule has 1 atom stereocenters. The molecule has 108 valence electrons. The molecule has 0 spiro atoms. The third-order valence-corrected chi connectivity index (χ3v) is 3.29. The number of amides is 1. The SMILES string of the molecule is COC(=O)C(NC(=O)c1ccccc1Cl)c1ccccc1. The van der Waals surface area contributed by atoms with Crippen LogP contribution < -0.4 is 5.32 Å². The van der Waals surface area contributed by atoms with Crippen molar-refractivity contribution in [1.82, 2.24) is 5.32 Å². The highest BCUT2D eigenvalue weighted by Gasteiger charge is 2.24. The lowest BCUT2D eigenvalue weighted by Crippen LogP contribution is -2.34. The maximum absolute atomic E-state index is 12.3. The van der Waals surface area contributed by atoms with E-state index < -0.39 is 17.9 Å². The Balaban J connectivity index is 2.26. The number of rotatable bonds is 4. The number of carbonyl (C=O) groups is 2. The fraction of sp³-hybridized carbons (Fsp3) is 0.125. The van der Waals surface area contributed by atoms with Crippen LogP contribution in [0.15, 0.2) is 54.6 Å². The second kappa shape index (κ2) is 6.90. The molecule has 0 radical (unpaired) electrons. The molecule has 4 nitrogen and oxygen atoms in total. The smallest absolute Gasteiger partial charge is 0.333 e. The van der Waals surface area contributed by atoms with Gasteiger partial charge in [-0.3, -0.25) is 4.79 Å². The molecule has 0 heterocycles. The molecule has 0 saturated heterocycles. The average molecular weight is 304 g/mol. The third-order valence-electron chi connectivity index (χ3n) is 2.96. The van der Waals surface area contributed by atoms with Crippen LogP contribution in [0.1, 0.15) is 22.0 Å². The van der Waals surface area contributed by atoms with Crippen LogP contribution in [0.2, 0.25) is 5.02 Å². The van der Waals surface area contributed by atoms with E-state index in [4.69, 9.17) is 16.3 Å². The summed E-state index contributed by atoms with van der Waals surface area (Å²) in [7, 11) is 1.28. The number of esters is 1. The van der Waals surface area contributed by atoms with Crippen molar-refractivity contribution in [3.05, 3.63) is 70.7 Å². The Labute approximate surface area is 127 Å². The van der Waals surface area contributed by atoms with E-state index in [0.29, 0.717) is 16.1 Å². The van der Waals surface area contributed by atoms with Crippen molar-refractivity contribution >= 4 is 23.5 Å². The molecule has 0 aromatic heterocycles. The number of ether oxygens (including phenoxy) is 1. The topological polar surface area (TPSA) is 55.4 Å². The fourth-order valence-corrected chi connectivity index (χ4v) is 2.12. The number of halogens is 1. The van der Waals surface area contributed by atoms with Gasteiger partial charge in [-0.25, -0.2) is 4.79 Å². The summed E-state index contributed by atoms with van der Waals surface area (Å²) in [6, 6.07) is 14.7. The molecule has 0 saturated carbocycles. The summed E-state index contributed by atoms with van der Waals surface area (Å²) in [6.45, 7) is 0. The van der Waals surface area contributed by atoms with Gasteiger partial charge in [0, 0.05) is 0 Å². The highest BCUT2D eigenvalue weighted by molar-refractivity contribution is 6.33. The van der Waals surface area contributed by atoms with Crippen molar-refractivity contribution in [3.8, 4) is 0 Å². The molecule has 0 fully saturated rings. The van der Waals surface area contributed by atoms with E-state index in [0.717, 1.165) is 0 Å². The van der Waals surface area contributed by atoms with Crippen LogP contribution in [0.3, 0.4) is 0 Å². The molecular weight excluding hydrogens is 290 g/mol. The molecule has 2 aromatic rings. The number of hydrogen-bond acceptors (Lipinski definition) is 3. The van der Waals surface area contributed by atoms with Gasteiger partial charge in [0.2, 0.25) is 0 Å². The van der Waals surface area contributed by atoms with Crippen molar-refractivity contribution in [2.24, 2.45) is 0 Å². The molecule has 0 aliphatic rings. The lowest BCUT2D eigenvalue weighted by Gasteiger charge is -2.17. The first-order chi connectivity index (χ1) is 10.1. The largest absolute Gasteiger partial charge is 0.467 e. The lowest BCUT2D eigenvalue weighted by atomic mass is 10.1. The van der Waals surface area contributed by atoms with Gasteiger partial charge in [-0.15, -0.1) is 0 Å².